The molecule has 2 aromatic rings. The van der Waals surface area contributed by atoms with E-state index < -0.39 is 5.60 Å². The maximum Gasteiger partial charge on any atom is 0.410 e. The number of halogens is 1. The minimum Gasteiger partial charge on any atom is -0.444 e. The Morgan fingerprint density at radius 3 is 2.88 bits per heavy atom. The quantitative estimate of drug-likeness (QED) is 0.770. The molecule has 0 spiro atoms. The number of benzene rings is 1. The Hall–Kier alpha value is -2.48. The zero-order chi connectivity index (χ0) is 18.5. The number of aromatic nitrogens is 3. The van der Waals surface area contributed by atoms with Crippen LogP contribution < -0.4 is 0 Å². The van der Waals surface area contributed by atoms with Gasteiger partial charge in [0.05, 0.1) is 12.7 Å². The Morgan fingerprint density at radius 2 is 2.15 bits per heavy atom. The van der Waals surface area contributed by atoms with Crippen molar-refractivity contribution in [3.8, 4) is 11.3 Å². The average Bonchev–Trinajstić information content (AvgIpc) is 3.18. The number of amides is 1. The number of ether oxygens (including phenoxy) is 2. The molecule has 7 nitrogen and oxygen atoms in total. The summed E-state index contributed by atoms with van der Waals surface area (Å²) < 4.78 is 26.3. The van der Waals surface area contributed by atoms with Gasteiger partial charge in [-0.25, -0.2) is 13.9 Å². The summed E-state index contributed by atoms with van der Waals surface area (Å²) in [6.45, 7) is 6.46. The molecule has 3 heterocycles. The molecule has 0 radical (unpaired) electrons. The Kier molecular flexibility index (Phi) is 3.95. The molecule has 0 saturated carbocycles. The molecule has 0 aliphatic carbocycles. The van der Waals surface area contributed by atoms with Crippen molar-refractivity contribution in [2.45, 2.75) is 44.6 Å². The first-order chi connectivity index (χ1) is 12.3. The number of piperidine rings is 1. The molecule has 4 rings (SSSR count). The molecule has 8 heteroatoms. The topological polar surface area (TPSA) is 72.8 Å². The Balaban J connectivity index is 1.52. The minimum atomic E-state index is -0.550. The van der Waals surface area contributed by atoms with E-state index in [2.05, 4.69) is 10.3 Å². The molecular formula is C18H21FN4O3. The average molecular weight is 360 g/mol. The smallest absolute Gasteiger partial charge is 0.410 e. The molecule has 0 unspecified atom stereocenters. The fourth-order valence-corrected chi connectivity index (χ4v) is 3.19. The Bertz CT molecular complexity index is 832. The SMILES string of the molecule is CC(C)(C)OC(=O)N1C[C@@H](n2cc(-c3cccc(F)c3)nn2)[C@H]2O[C@@H]2C1. The van der Waals surface area contributed by atoms with Crippen molar-refractivity contribution in [1.82, 2.24) is 19.9 Å². The standard InChI is InChI=1S/C18H21FN4O3/c1-18(2,3)26-17(24)22-9-14(16-15(10-22)25-16)23-8-13(20-21-23)11-5-4-6-12(19)7-11/h4-8,14-16H,9-10H2,1-3H3/t14-,15-,16-/m1/s1. The molecule has 2 aliphatic heterocycles. The summed E-state index contributed by atoms with van der Waals surface area (Å²) in [7, 11) is 0. The minimum absolute atomic E-state index is 0.00995. The third-order valence-electron chi connectivity index (χ3n) is 4.43. The molecule has 2 saturated heterocycles. The van der Waals surface area contributed by atoms with Crippen LogP contribution in [0.25, 0.3) is 11.3 Å². The lowest BCUT2D eigenvalue weighted by Gasteiger charge is -2.31. The number of carbonyl (C=O) groups is 1. The molecule has 26 heavy (non-hydrogen) atoms. The highest BCUT2D eigenvalue weighted by Crippen LogP contribution is 2.38. The number of carbonyl (C=O) groups excluding carboxylic acids is 1. The van der Waals surface area contributed by atoms with Gasteiger partial charge in [-0.1, -0.05) is 17.3 Å². The van der Waals surface area contributed by atoms with Gasteiger partial charge in [0.1, 0.15) is 35.4 Å². The second-order valence-corrected chi connectivity index (χ2v) is 7.69. The summed E-state index contributed by atoms with van der Waals surface area (Å²) in [6.07, 6.45) is 1.40. The van der Waals surface area contributed by atoms with Crippen LogP contribution in [0.2, 0.25) is 0 Å². The van der Waals surface area contributed by atoms with Crippen LogP contribution in [0, 0.1) is 5.82 Å². The summed E-state index contributed by atoms with van der Waals surface area (Å²) in [6, 6.07) is 6.07. The predicted molar refractivity (Wildman–Crippen MR) is 90.9 cm³/mol. The highest BCUT2D eigenvalue weighted by molar-refractivity contribution is 5.68. The number of hydrogen-bond acceptors (Lipinski definition) is 5. The van der Waals surface area contributed by atoms with Crippen molar-refractivity contribution in [3.63, 3.8) is 0 Å². The molecule has 138 valence electrons. The highest BCUT2D eigenvalue weighted by atomic mass is 19.1. The predicted octanol–water partition coefficient (Wildman–Crippen LogP) is 2.64. The van der Waals surface area contributed by atoms with E-state index in [0.717, 1.165) is 0 Å². The van der Waals surface area contributed by atoms with E-state index in [-0.39, 0.29) is 30.2 Å². The number of epoxide rings is 1. The van der Waals surface area contributed by atoms with Crippen molar-refractivity contribution < 1.29 is 18.7 Å². The van der Waals surface area contributed by atoms with Crippen LogP contribution in [-0.4, -0.2) is 56.9 Å². The van der Waals surface area contributed by atoms with Gasteiger partial charge in [-0.2, -0.15) is 0 Å². The van der Waals surface area contributed by atoms with E-state index in [0.29, 0.717) is 24.3 Å². The number of likely N-dealkylation sites (tertiary alicyclic amines) is 1. The van der Waals surface area contributed by atoms with Gasteiger partial charge in [0, 0.05) is 12.1 Å². The first-order valence-corrected chi connectivity index (χ1v) is 8.61. The zero-order valence-corrected chi connectivity index (χ0v) is 14.9. The normalized spacial score (nSPS) is 24.9. The lowest BCUT2D eigenvalue weighted by molar-refractivity contribution is 0.0193. The zero-order valence-electron chi connectivity index (χ0n) is 14.9. The number of nitrogens with zero attached hydrogens (tertiary/aromatic N) is 4. The van der Waals surface area contributed by atoms with Gasteiger partial charge in [0.15, 0.2) is 0 Å². The fraction of sp³-hybridized carbons (Fsp3) is 0.500. The molecule has 1 aromatic carbocycles. The van der Waals surface area contributed by atoms with E-state index in [1.165, 1.54) is 12.1 Å². The van der Waals surface area contributed by atoms with E-state index in [4.69, 9.17) is 9.47 Å². The van der Waals surface area contributed by atoms with Gasteiger partial charge in [0.2, 0.25) is 0 Å². The van der Waals surface area contributed by atoms with Gasteiger partial charge in [-0.05, 0) is 32.9 Å². The van der Waals surface area contributed by atoms with Crippen molar-refractivity contribution in [3.05, 3.63) is 36.3 Å². The van der Waals surface area contributed by atoms with Crippen LogP contribution in [0.1, 0.15) is 26.8 Å². The van der Waals surface area contributed by atoms with Crippen molar-refractivity contribution in [2.75, 3.05) is 13.1 Å². The van der Waals surface area contributed by atoms with Gasteiger partial charge in [0.25, 0.3) is 0 Å². The number of rotatable bonds is 2. The first kappa shape index (κ1) is 17.0. The summed E-state index contributed by atoms with van der Waals surface area (Å²) in [5, 5.41) is 8.32. The summed E-state index contributed by atoms with van der Waals surface area (Å²) in [4.78, 5) is 14.0. The Labute approximate surface area is 150 Å². The molecular weight excluding hydrogens is 339 g/mol. The van der Waals surface area contributed by atoms with E-state index in [9.17, 15) is 9.18 Å². The van der Waals surface area contributed by atoms with Crippen molar-refractivity contribution in [2.24, 2.45) is 0 Å². The monoisotopic (exact) mass is 360 g/mol. The van der Waals surface area contributed by atoms with Gasteiger partial charge >= 0.3 is 6.09 Å². The lowest BCUT2D eigenvalue weighted by atomic mass is 10.1. The van der Waals surface area contributed by atoms with E-state index >= 15 is 0 Å². The van der Waals surface area contributed by atoms with Gasteiger partial charge < -0.3 is 14.4 Å². The van der Waals surface area contributed by atoms with Crippen molar-refractivity contribution >= 4 is 6.09 Å². The van der Waals surface area contributed by atoms with Gasteiger partial charge in [-0.3, -0.25) is 0 Å². The third kappa shape index (κ3) is 3.41. The van der Waals surface area contributed by atoms with Crippen LogP contribution in [0.4, 0.5) is 9.18 Å². The number of hydrogen-bond donors (Lipinski definition) is 0. The molecule has 1 aromatic heterocycles. The van der Waals surface area contributed by atoms with Crippen LogP contribution in [0.3, 0.4) is 0 Å². The first-order valence-electron chi connectivity index (χ1n) is 8.61. The molecule has 0 bridgehead atoms. The number of fused-ring (bicyclic) bond motifs is 1. The fourth-order valence-electron chi connectivity index (χ4n) is 3.19. The summed E-state index contributed by atoms with van der Waals surface area (Å²) >= 11 is 0. The van der Waals surface area contributed by atoms with Crippen LogP contribution >= 0.6 is 0 Å². The maximum absolute atomic E-state index is 13.4. The van der Waals surface area contributed by atoms with Crippen LogP contribution in [0.15, 0.2) is 30.5 Å². The molecule has 0 N–H and O–H groups in total. The highest BCUT2D eigenvalue weighted by Gasteiger charge is 2.52. The van der Waals surface area contributed by atoms with E-state index in [1.807, 2.05) is 20.8 Å². The van der Waals surface area contributed by atoms with Crippen LogP contribution in [0.5, 0.6) is 0 Å². The van der Waals surface area contributed by atoms with Gasteiger partial charge in [-0.15, -0.1) is 5.10 Å². The summed E-state index contributed by atoms with van der Waals surface area (Å²) in [5.74, 6) is -0.323. The third-order valence-corrected chi connectivity index (χ3v) is 4.43. The second-order valence-electron chi connectivity index (χ2n) is 7.69. The molecule has 2 aliphatic rings. The lowest BCUT2D eigenvalue weighted by Crippen LogP contribution is -2.46. The Morgan fingerprint density at radius 1 is 1.35 bits per heavy atom. The van der Waals surface area contributed by atoms with Crippen LogP contribution in [-0.2, 0) is 9.47 Å². The molecule has 3 atom stereocenters. The summed E-state index contributed by atoms with van der Waals surface area (Å²) in [5.41, 5.74) is 0.687. The van der Waals surface area contributed by atoms with Crippen molar-refractivity contribution in [1.29, 1.82) is 0 Å². The molecule has 2 fully saturated rings. The second kappa shape index (κ2) is 6.05. The largest absolute Gasteiger partial charge is 0.444 e. The van der Waals surface area contributed by atoms with E-state index in [1.54, 1.807) is 27.9 Å². The molecule has 1 amide bonds. The maximum atomic E-state index is 13.4.